The topological polar surface area (TPSA) is 41.6 Å². The van der Waals surface area contributed by atoms with E-state index in [1.807, 2.05) is 4.90 Å². The first kappa shape index (κ1) is 16.4. The highest BCUT2D eigenvalue weighted by Crippen LogP contribution is 2.21. The van der Waals surface area contributed by atoms with E-state index < -0.39 is 0 Å². The maximum absolute atomic E-state index is 12.3. The molecule has 1 N–H and O–H groups in total. The van der Waals surface area contributed by atoms with Crippen molar-refractivity contribution < 1.29 is 9.53 Å². The largest absolute Gasteiger partial charge is 0.384 e. The Labute approximate surface area is 117 Å². The number of piperidine rings is 1. The van der Waals surface area contributed by atoms with Gasteiger partial charge in [-0.25, -0.2) is 0 Å². The van der Waals surface area contributed by atoms with Crippen LogP contribution in [0.1, 0.15) is 40.0 Å². The Kier molecular flexibility index (Phi) is 7.39. The summed E-state index contributed by atoms with van der Waals surface area (Å²) >= 11 is 0. The SMILES string of the molecule is CCNC1CCN(C(=O)CC(C)COC)CC1CC. The number of amides is 1. The van der Waals surface area contributed by atoms with Gasteiger partial charge in [0.2, 0.25) is 5.91 Å². The van der Waals surface area contributed by atoms with E-state index in [0.717, 1.165) is 32.5 Å². The Morgan fingerprint density at radius 1 is 1.47 bits per heavy atom. The van der Waals surface area contributed by atoms with Crippen molar-refractivity contribution in [3.63, 3.8) is 0 Å². The van der Waals surface area contributed by atoms with Crippen LogP contribution >= 0.6 is 0 Å². The number of carbonyl (C=O) groups excluding carboxylic acids is 1. The van der Waals surface area contributed by atoms with Gasteiger partial charge in [-0.2, -0.15) is 0 Å². The second-order valence-corrected chi connectivity index (χ2v) is 5.73. The fraction of sp³-hybridized carbons (Fsp3) is 0.933. The van der Waals surface area contributed by atoms with Crippen LogP contribution in [0.25, 0.3) is 0 Å². The highest BCUT2D eigenvalue weighted by molar-refractivity contribution is 5.76. The molecule has 4 nitrogen and oxygen atoms in total. The summed E-state index contributed by atoms with van der Waals surface area (Å²) in [6.45, 7) is 9.92. The maximum atomic E-state index is 12.3. The summed E-state index contributed by atoms with van der Waals surface area (Å²) in [6.07, 6.45) is 2.82. The van der Waals surface area contributed by atoms with Crippen molar-refractivity contribution in [3.05, 3.63) is 0 Å². The summed E-state index contributed by atoms with van der Waals surface area (Å²) in [5, 5.41) is 3.55. The quantitative estimate of drug-likeness (QED) is 0.768. The number of methoxy groups -OCH3 is 1. The van der Waals surface area contributed by atoms with E-state index in [-0.39, 0.29) is 5.91 Å². The zero-order valence-corrected chi connectivity index (χ0v) is 12.9. The van der Waals surface area contributed by atoms with Crippen LogP contribution in [0.2, 0.25) is 0 Å². The van der Waals surface area contributed by atoms with Gasteiger partial charge in [0.1, 0.15) is 0 Å². The molecule has 0 aromatic carbocycles. The smallest absolute Gasteiger partial charge is 0.222 e. The molecular formula is C15H30N2O2. The molecule has 0 bridgehead atoms. The Bertz CT molecular complexity index is 271. The highest BCUT2D eigenvalue weighted by atomic mass is 16.5. The first-order valence-electron chi connectivity index (χ1n) is 7.62. The van der Waals surface area contributed by atoms with Crippen molar-refractivity contribution in [2.45, 2.75) is 46.1 Å². The van der Waals surface area contributed by atoms with Gasteiger partial charge in [0, 0.05) is 39.3 Å². The Morgan fingerprint density at radius 3 is 2.79 bits per heavy atom. The van der Waals surface area contributed by atoms with E-state index >= 15 is 0 Å². The lowest BCUT2D eigenvalue weighted by Gasteiger charge is -2.39. The molecule has 112 valence electrons. The number of carbonyl (C=O) groups is 1. The van der Waals surface area contributed by atoms with Crippen LogP contribution in [0.5, 0.6) is 0 Å². The summed E-state index contributed by atoms with van der Waals surface area (Å²) in [4.78, 5) is 14.3. The summed E-state index contributed by atoms with van der Waals surface area (Å²) in [5.74, 6) is 1.19. The monoisotopic (exact) mass is 270 g/mol. The molecule has 1 rings (SSSR count). The van der Waals surface area contributed by atoms with Crippen LogP contribution in [0.3, 0.4) is 0 Å². The van der Waals surface area contributed by atoms with Crippen LogP contribution in [-0.4, -0.2) is 50.2 Å². The van der Waals surface area contributed by atoms with Crippen molar-refractivity contribution in [3.8, 4) is 0 Å². The first-order valence-corrected chi connectivity index (χ1v) is 7.62. The Balaban J connectivity index is 2.45. The highest BCUT2D eigenvalue weighted by Gasteiger charge is 2.30. The number of hydrogen-bond acceptors (Lipinski definition) is 3. The maximum Gasteiger partial charge on any atom is 0.222 e. The fourth-order valence-corrected chi connectivity index (χ4v) is 2.97. The molecule has 0 saturated carbocycles. The standard InChI is InChI=1S/C15H30N2O2/c1-5-13-10-17(8-7-14(13)16-6-2)15(18)9-12(3)11-19-4/h12-14,16H,5-11H2,1-4H3. The first-order chi connectivity index (χ1) is 9.12. The second kappa shape index (κ2) is 8.54. The van der Waals surface area contributed by atoms with E-state index in [1.165, 1.54) is 0 Å². The van der Waals surface area contributed by atoms with Gasteiger partial charge in [-0.05, 0) is 24.8 Å². The molecule has 0 aromatic rings. The van der Waals surface area contributed by atoms with Gasteiger partial charge in [0.25, 0.3) is 0 Å². The van der Waals surface area contributed by atoms with E-state index in [2.05, 4.69) is 26.1 Å². The summed E-state index contributed by atoms with van der Waals surface area (Å²) in [7, 11) is 1.69. The van der Waals surface area contributed by atoms with Gasteiger partial charge < -0.3 is 15.0 Å². The molecule has 1 aliphatic heterocycles. The molecule has 3 unspecified atom stereocenters. The van der Waals surface area contributed by atoms with Crippen molar-refractivity contribution in [1.82, 2.24) is 10.2 Å². The molecule has 19 heavy (non-hydrogen) atoms. The van der Waals surface area contributed by atoms with Crippen molar-refractivity contribution in [2.75, 3.05) is 33.4 Å². The molecule has 1 heterocycles. The third kappa shape index (κ3) is 5.11. The summed E-state index contributed by atoms with van der Waals surface area (Å²) < 4.78 is 5.10. The molecule has 3 atom stereocenters. The Morgan fingerprint density at radius 2 is 2.21 bits per heavy atom. The van der Waals surface area contributed by atoms with E-state index in [4.69, 9.17) is 4.74 Å². The lowest BCUT2D eigenvalue weighted by Crippen LogP contribution is -2.51. The minimum atomic E-state index is 0.290. The minimum Gasteiger partial charge on any atom is -0.384 e. The zero-order chi connectivity index (χ0) is 14.3. The third-order valence-electron chi connectivity index (χ3n) is 4.05. The van der Waals surface area contributed by atoms with Gasteiger partial charge in [0.05, 0.1) is 0 Å². The lowest BCUT2D eigenvalue weighted by molar-refractivity contribution is -0.134. The van der Waals surface area contributed by atoms with E-state index in [9.17, 15) is 4.79 Å². The van der Waals surface area contributed by atoms with Crippen molar-refractivity contribution in [2.24, 2.45) is 11.8 Å². The second-order valence-electron chi connectivity index (χ2n) is 5.73. The fourth-order valence-electron chi connectivity index (χ4n) is 2.97. The normalized spacial score (nSPS) is 25.4. The van der Waals surface area contributed by atoms with Gasteiger partial charge in [0.15, 0.2) is 0 Å². The molecule has 0 aromatic heterocycles. The predicted molar refractivity (Wildman–Crippen MR) is 78.1 cm³/mol. The minimum absolute atomic E-state index is 0.290. The number of rotatable bonds is 7. The van der Waals surface area contributed by atoms with Crippen LogP contribution in [0.4, 0.5) is 0 Å². The van der Waals surface area contributed by atoms with Gasteiger partial charge in [-0.3, -0.25) is 4.79 Å². The summed E-state index contributed by atoms with van der Waals surface area (Å²) in [6, 6.07) is 0.579. The molecular weight excluding hydrogens is 240 g/mol. The average Bonchev–Trinajstić information content (AvgIpc) is 2.39. The molecule has 1 fully saturated rings. The van der Waals surface area contributed by atoms with E-state index in [0.29, 0.717) is 30.9 Å². The predicted octanol–water partition coefficient (Wildman–Crippen LogP) is 1.90. The summed E-state index contributed by atoms with van der Waals surface area (Å²) in [5.41, 5.74) is 0. The molecule has 1 saturated heterocycles. The van der Waals surface area contributed by atoms with Crippen LogP contribution < -0.4 is 5.32 Å². The molecule has 1 aliphatic rings. The van der Waals surface area contributed by atoms with Crippen LogP contribution in [0.15, 0.2) is 0 Å². The number of hydrogen-bond donors (Lipinski definition) is 1. The number of ether oxygens (including phenoxy) is 1. The van der Waals surface area contributed by atoms with Crippen LogP contribution in [0, 0.1) is 11.8 Å². The van der Waals surface area contributed by atoms with Crippen molar-refractivity contribution in [1.29, 1.82) is 0 Å². The molecule has 0 radical (unpaired) electrons. The van der Waals surface area contributed by atoms with Gasteiger partial charge in [-0.1, -0.05) is 27.2 Å². The van der Waals surface area contributed by atoms with E-state index in [1.54, 1.807) is 7.11 Å². The number of nitrogens with zero attached hydrogens (tertiary/aromatic N) is 1. The van der Waals surface area contributed by atoms with Crippen LogP contribution in [-0.2, 0) is 9.53 Å². The molecule has 0 aliphatic carbocycles. The van der Waals surface area contributed by atoms with Crippen molar-refractivity contribution >= 4 is 5.91 Å². The van der Waals surface area contributed by atoms with Gasteiger partial charge >= 0.3 is 0 Å². The lowest BCUT2D eigenvalue weighted by atomic mass is 9.89. The third-order valence-corrected chi connectivity index (χ3v) is 4.05. The Hall–Kier alpha value is -0.610. The molecule has 0 spiro atoms. The number of likely N-dealkylation sites (tertiary alicyclic amines) is 1. The van der Waals surface area contributed by atoms with Gasteiger partial charge in [-0.15, -0.1) is 0 Å². The molecule has 4 heteroatoms. The number of nitrogens with one attached hydrogen (secondary N) is 1. The molecule has 1 amide bonds. The average molecular weight is 270 g/mol. The zero-order valence-electron chi connectivity index (χ0n) is 12.9.